The van der Waals surface area contributed by atoms with Crippen molar-refractivity contribution in [2.24, 2.45) is 5.73 Å². The molecule has 1 amide bonds. The number of carbonyl (C=O) groups excluding carboxylic acids is 1. The quantitative estimate of drug-likeness (QED) is 0.667. The number of hydrogen-bond donors (Lipinski definition) is 1. The molecule has 0 spiro atoms. The van der Waals surface area contributed by atoms with Gasteiger partial charge in [0.25, 0.3) is 11.6 Å². The molecule has 0 saturated carbocycles. The Kier molecular flexibility index (Phi) is 3.25. The molecule has 1 aromatic rings. The van der Waals surface area contributed by atoms with E-state index in [1.165, 1.54) is 13.2 Å². The van der Waals surface area contributed by atoms with E-state index in [4.69, 9.17) is 10.5 Å². The third-order valence-electron chi connectivity index (χ3n) is 1.72. The summed E-state index contributed by atoms with van der Waals surface area (Å²) in [5, 5.41) is 10.7. The van der Waals surface area contributed by atoms with Crippen molar-refractivity contribution < 1.29 is 14.5 Å². The van der Waals surface area contributed by atoms with Crippen molar-refractivity contribution >= 4 is 27.5 Å². The average Bonchev–Trinajstić information content (AvgIpc) is 2.15. The summed E-state index contributed by atoms with van der Waals surface area (Å²) in [4.78, 5) is 21.0. The van der Waals surface area contributed by atoms with Crippen molar-refractivity contribution in [1.82, 2.24) is 0 Å². The van der Waals surface area contributed by atoms with Gasteiger partial charge < -0.3 is 10.5 Å². The van der Waals surface area contributed by atoms with Crippen LogP contribution in [0.3, 0.4) is 0 Å². The molecule has 0 aliphatic carbocycles. The van der Waals surface area contributed by atoms with Gasteiger partial charge in [-0.15, -0.1) is 0 Å². The van der Waals surface area contributed by atoms with Crippen LogP contribution in [-0.4, -0.2) is 17.9 Å². The van der Waals surface area contributed by atoms with Crippen molar-refractivity contribution in [1.29, 1.82) is 0 Å². The summed E-state index contributed by atoms with van der Waals surface area (Å²) in [6.45, 7) is 0. The van der Waals surface area contributed by atoms with E-state index in [1.54, 1.807) is 0 Å². The van der Waals surface area contributed by atoms with E-state index in [-0.39, 0.29) is 21.5 Å². The lowest BCUT2D eigenvalue weighted by molar-refractivity contribution is -0.385. The van der Waals surface area contributed by atoms with Crippen LogP contribution in [0.25, 0.3) is 0 Å². The molecule has 0 aliphatic rings. The molecule has 0 aromatic heterocycles. The number of hydrogen-bond acceptors (Lipinski definition) is 4. The minimum absolute atomic E-state index is 0.166. The molecule has 15 heavy (non-hydrogen) atoms. The summed E-state index contributed by atoms with van der Waals surface area (Å²) in [5.41, 5.74) is 4.48. The van der Waals surface area contributed by atoms with Gasteiger partial charge >= 0.3 is 0 Å². The van der Waals surface area contributed by atoms with Crippen molar-refractivity contribution in [3.8, 4) is 5.75 Å². The number of halogens is 1. The summed E-state index contributed by atoms with van der Waals surface area (Å²) in [7, 11) is 1.37. The van der Waals surface area contributed by atoms with E-state index in [9.17, 15) is 14.9 Å². The zero-order valence-electron chi connectivity index (χ0n) is 7.69. The van der Waals surface area contributed by atoms with E-state index in [2.05, 4.69) is 15.9 Å². The molecule has 0 unspecified atom stereocenters. The topological polar surface area (TPSA) is 95.5 Å². The highest BCUT2D eigenvalue weighted by molar-refractivity contribution is 9.10. The number of nitrogens with zero attached hydrogens (tertiary/aromatic N) is 1. The van der Waals surface area contributed by atoms with E-state index in [0.717, 1.165) is 6.07 Å². The molecule has 80 valence electrons. The van der Waals surface area contributed by atoms with Gasteiger partial charge in [0, 0.05) is 4.47 Å². The first-order chi connectivity index (χ1) is 6.97. The molecular formula is C8H7BrN2O4. The second-order valence-electron chi connectivity index (χ2n) is 2.62. The second-order valence-corrected chi connectivity index (χ2v) is 3.48. The molecule has 6 nitrogen and oxygen atoms in total. The lowest BCUT2D eigenvalue weighted by Gasteiger charge is -2.05. The van der Waals surface area contributed by atoms with Crippen LogP contribution in [0.4, 0.5) is 5.69 Å². The zero-order valence-corrected chi connectivity index (χ0v) is 9.28. The highest BCUT2D eigenvalue weighted by atomic mass is 79.9. The lowest BCUT2D eigenvalue weighted by atomic mass is 10.1. The van der Waals surface area contributed by atoms with Crippen molar-refractivity contribution in [3.63, 3.8) is 0 Å². The Balaban J connectivity index is 3.49. The van der Waals surface area contributed by atoms with Crippen LogP contribution in [0.5, 0.6) is 5.75 Å². The number of nitrogens with two attached hydrogens (primary N) is 1. The first kappa shape index (κ1) is 11.4. The molecule has 1 aromatic carbocycles. The van der Waals surface area contributed by atoms with Gasteiger partial charge in [-0.05, 0) is 22.0 Å². The zero-order chi connectivity index (χ0) is 11.6. The third kappa shape index (κ3) is 2.24. The number of methoxy groups -OCH3 is 1. The van der Waals surface area contributed by atoms with Crippen LogP contribution in [0.2, 0.25) is 0 Å². The Bertz CT molecular complexity index is 433. The predicted octanol–water partition coefficient (Wildman–Crippen LogP) is 1.46. The van der Waals surface area contributed by atoms with Gasteiger partial charge in [0.15, 0.2) is 0 Å². The normalized spacial score (nSPS) is 9.73. The molecule has 0 radical (unpaired) electrons. The summed E-state index contributed by atoms with van der Waals surface area (Å²) in [6.07, 6.45) is 0. The molecule has 0 bridgehead atoms. The molecule has 7 heteroatoms. The summed E-state index contributed by atoms with van der Waals surface area (Å²) < 4.78 is 5.07. The van der Waals surface area contributed by atoms with Gasteiger partial charge in [0.05, 0.1) is 18.1 Å². The van der Waals surface area contributed by atoms with Crippen LogP contribution in [0.15, 0.2) is 16.6 Å². The fourth-order valence-electron chi connectivity index (χ4n) is 1.07. The largest absolute Gasteiger partial charge is 0.496 e. The first-order valence-corrected chi connectivity index (χ1v) is 4.58. The van der Waals surface area contributed by atoms with Gasteiger partial charge in [-0.3, -0.25) is 14.9 Å². The molecule has 0 saturated heterocycles. The number of primary amides is 1. The SMILES string of the molecule is COc1cc(Br)c(C(N)=O)c([N+](=O)[O-])c1. The van der Waals surface area contributed by atoms with Crippen LogP contribution in [0, 0.1) is 10.1 Å². The van der Waals surface area contributed by atoms with Crippen molar-refractivity contribution in [2.45, 2.75) is 0 Å². The minimum atomic E-state index is -0.865. The highest BCUT2D eigenvalue weighted by Crippen LogP contribution is 2.31. The van der Waals surface area contributed by atoms with E-state index < -0.39 is 10.8 Å². The first-order valence-electron chi connectivity index (χ1n) is 3.79. The number of ether oxygens (including phenoxy) is 1. The van der Waals surface area contributed by atoms with Crippen LogP contribution in [0.1, 0.15) is 10.4 Å². The Labute approximate surface area is 93.3 Å². The van der Waals surface area contributed by atoms with Gasteiger partial charge in [-0.2, -0.15) is 0 Å². The summed E-state index contributed by atoms with van der Waals surface area (Å²) >= 11 is 3.02. The maximum Gasteiger partial charge on any atom is 0.286 e. The molecule has 0 atom stereocenters. The molecule has 1 rings (SSSR count). The predicted molar refractivity (Wildman–Crippen MR) is 55.9 cm³/mol. The Morgan fingerprint density at radius 2 is 2.20 bits per heavy atom. The molecule has 0 heterocycles. The Hall–Kier alpha value is -1.63. The number of benzene rings is 1. The molecule has 0 fully saturated rings. The van der Waals surface area contributed by atoms with Crippen LogP contribution in [-0.2, 0) is 0 Å². The van der Waals surface area contributed by atoms with Crippen LogP contribution >= 0.6 is 15.9 Å². The fourth-order valence-corrected chi connectivity index (χ4v) is 1.70. The number of nitro groups is 1. The Morgan fingerprint density at radius 3 is 2.60 bits per heavy atom. The number of nitro benzene ring substituents is 1. The smallest absolute Gasteiger partial charge is 0.286 e. The van der Waals surface area contributed by atoms with Gasteiger partial charge in [0.2, 0.25) is 0 Å². The van der Waals surface area contributed by atoms with Crippen LogP contribution < -0.4 is 10.5 Å². The van der Waals surface area contributed by atoms with E-state index in [1.807, 2.05) is 0 Å². The minimum Gasteiger partial charge on any atom is -0.496 e. The summed E-state index contributed by atoms with van der Waals surface area (Å²) in [5.74, 6) is -0.588. The van der Waals surface area contributed by atoms with E-state index >= 15 is 0 Å². The van der Waals surface area contributed by atoms with Gasteiger partial charge in [-0.25, -0.2) is 0 Å². The Morgan fingerprint density at radius 1 is 1.60 bits per heavy atom. The second kappa shape index (κ2) is 4.26. The maximum absolute atomic E-state index is 11.0. The lowest BCUT2D eigenvalue weighted by Crippen LogP contribution is -2.14. The number of rotatable bonds is 3. The maximum atomic E-state index is 11.0. The van der Waals surface area contributed by atoms with Gasteiger partial charge in [-0.1, -0.05) is 0 Å². The fraction of sp³-hybridized carbons (Fsp3) is 0.125. The number of carbonyl (C=O) groups is 1. The monoisotopic (exact) mass is 274 g/mol. The van der Waals surface area contributed by atoms with Gasteiger partial charge in [0.1, 0.15) is 11.3 Å². The highest BCUT2D eigenvalue weighted by Gasteiger charge is 2.23. The van der Waals surface area contributed by atoms with Crippen molar-refractivity contribution in [3.05, 3.63) is 32.3 Å². The standard InChI is InChI=1S/C8H7BrN2O4/c1-15-4-2-5(9)7(8(10)12)6(3-4)11(13)14/h2-3H,1H3,(H2,10,12). The average molecular weight is 275 g/mol. The molecule has 0 aliphatic heterocycles. The molecular weight excluding hydrogens is 268 g/mol. The summed E-state index contributed by atoms with van der Waals surface area (Å²) in [6, 6.07) is 2.58. The third-order valence-corrected chi connectivity index (χ3v) is 2.35. The molecule has 2 N–H and O–H groups in total. The number of amides is 1. The van der Waals surface area contributed by atoms with Crippen molar-refractivity contribution in [2.75, 3.05) is 7.11 Å². The van der Waals surface area contributed by atoms with E-state index in [0.29, 0.717) is 0 Å².